The first-order valence-electron chi connectivity index (χ1n) is 25.3. The van der Waals surface area contributed by atoms with Crippen molar-refractivity contribution in [3.63, 3.8) is 0 Å². The second-order valence-electron chi connectivity index (χ2n) is 20.2. The van der Waals surface area contributed by atoms with E-state index in [2.05, 4.69) is 88.2 Å². The number of fused-ring (bicyclic) bond motifs is 4. The van der Waals surface area contributed by atoms with E-state index < -0.39 is 24.3 Å². The Bertz CT molecular complexity index is 2760. The van der Waals surface area contributed by atoms with Gasteiger partial charge < -0.3 is 39.9 Å². The number of rotatable bonds is 15. The van der Waals surface area contributed by atoms with E-state index in [0.717, 1.165) is 109 Å². The molecule has 2 saturated heterocycles. The Morgan fingerprint density at radius 2 is 1.23 bits per heavy atom. The molecular weight excluding hydrogens is 933 g/mol. The van der Waals surface area contributed by atoms with Crippen molar-refractivity contribution in [3.05, 3.63) is 107 Å². The van der Waals surface area contributed by atoms with Gasteiger partial charge in [-0.15, -0.1) is 0 Å². The molecule has 4 N–H and O–H groups in total. The minimum atomic E-state index is -0.655. The molecule has 0 spiro atoms. The van der Waals surface area contributed by atoms with Gasteiger partial charge in [0.05, 0.1) is 37.7 Å². The van der Waals surface area contributed by atoms with Gasteiger partial charge in [-0.1, -0.05) is 61.5 Å². The zero-order valence-corrected chi connectivity index (χ0v) is 43.0. The number of aromatic amines is 2. The van der Waals surface area contributed by atoms with Gasteiger partial charge in [-0.3, -0.25) is 9.59 Å². The van der Waals surface area contributed by atoms with E-state index in [4.69, 9.17) is 19.4 Å². The number of alkyl carbamates (subject to hydrolysis) is 2. The summed E-state index contributed by atoms with van der Waals surface area (Å²) >= 11 is 3.30. The molecule has 4 unspecified atom stereocenters. The minimum absolute atomic E-state index is 0.0596. The molecule has 2 aliphatic heterocycles. The number of hydrogen-bond donors (Lipinski definition) is 4. The fourth-order valence-electron chi connectivity index (χ4n) is 12.5. The topological polar surface area (TPSA) is 175 Å². The maximum atomic E-state index is 14.3. The molecule has 8 bridgehead atoms. The molecule has 2 saturated carbocycles. The molecule has 8 aliphatic rings. The van der Waals surface area contributed by atoms with E-state index in [9.17, 15) is 19.2 Å². The molecule has 9 atom stereocenters. The minimum Gasteiger partial charge on any atom is -0.453 e. The monoisotopic (exact) mass is 998 g/mol. The summed E-state index contributed by atoms with van der Waals surface area (Å²) in [5.41, 5.74) is 11.3. The average Bonchev–Trinajstić information content (AvgIpc) is 4.28. The largest absolute Gasteiger partial charge is 0.453 e. The van der Waals surface area contributed by atoms with Crippen molar-refractivity contribution in [2.24, 2.45) is 11.8 Å². The summed E-state index contributed by atoms with van der Waals surface area (Å²) in [5, 5.41) is 5.63. The van der Waals surface area contributed by atoms with Crippen LogP contribution in [0.5, 0.6) is 0 Å². The predicted octanol–water partition coefficient (Wildman–Crippen LogP) is 9.64. The van der Waals surface area contributed by atoms with Gasteiger partial charge in [0.2, 0.25) is 11.8 Å². The number of piperidine rings is 2. The number of imidazole rings is 2. The van der Waals surface area contributed by atoms with Crippen LogP contribution in [0.1, 0.15) is 110 Å². The molecule has 13 rings (SSSR count). The lowest BCUT2D eigenvalue weighted by molar-refractivity contribution is -0.139. The Kier molecular flexibility index (Phi) is 14.6. The van der Waals surface area contributed by atoms with Gasteiger partial charge in [0.25, 0.3) is 0 Å². The van der Waals surface area contributed by atoms with Crippen molar-refractivity contribution in [1.82, 2.24) is 40.4 Å². The van der Waals surface area contributed by atoms with Crippen LogP contribution in [-0.4, -0.2) is 116 Å². The van der Waals surface area contributed by atoms with Crippen LogP contribution in [0.3, 0.4) is 0 Å². The molecule has 6 aliphatic carbocycles. The smallest absolute Gasteiger partial charge is 0.407 e. The number of benzene rings is 3. The number of aromatic nitrogens is 4. The molecule has 4 amide bonds. The van der Waals surface area contributed by atoms with Gasteiger partial charge in [0, 0.05) is 35.6 Å². The fourth-order valence-corrected chi connectivity index (χ4v) is 13.4. The predicted molar refractivity (Wildman–Crippen MR) is 279 cm³/mol. The van der Waals surface area contributed by atoms with Crippen LogP contribution in [0, 0.1) is 11.8 Å². The summed E-state index contributed by atoms with van der Waals surface area (Å²) in [7, 11) is 2.66. The lowest BCUT2D eigenvalue weighted by Crippen LogP contribution is -2.52. The normalized spacial score (nSPS) is 23.9. The van der Waals surface area contributed by atoms with Crippen molar-refractivity contribution in [3.8, 4) is 33.6 Å². The third kappa shape index (κ3) is 9.82. The Balaban J connectivity index is 0.863. The third-order valence-electron chi connectivity index (χ3n) is 16.1. The summed E-state index contributed by atoms with van der Waals surface area (Å²) in [6.07, 6.45) is 16.3. The number of hydrogen-bond acceptors (Lipinski definition) is 10. The lowest BCUT2D eigenvalue weighted by atomic mass is 9.84. The number of amides is 4. The molecule has 71 heavy (non-hydrogen) atoms. The van der Waals surface area contributed by atoms with E-state index in [1.54, 1.807) is 23.5 Å². The van der Waals surface area contributed by atoms with Crippen LogP contribution in [0.2, 0.25) is 0 Å². The first kappa shape index (κ1) is 48.9. The van der Waals surface area contributed by atoms with Crippen LogP contribution in [0.25, 0.3) is 33.6 Å². The number of methoxy groups -OCH3 is 2. The zero-order valence-electron chi connectivity index (χ0n) is 41.4. The molecule has 5 aromatic rings. The molecule has 16 heteroatoms. The van der Waals surface area contributed by atoms with Crippen molar-refractivity contribution >= 4 is 47.5 Å². The number of ether oxygens (including phenoxy) is 2. The van der Waals surface area contributed by atoms with Crippen molar-refractivity contribution in [2.45, 2.75) is 120 Å². The Morgan fingerprint density at radius 1 is 0.676 bits per heavy atom. The number of H-pyrrole nitrogens is 2. The quantitative estimate of drug-likeness (QED) is 0.0791. The van der Waals surface area contributed by atoms with Crippen LogP contribution < -0.4 is 10.6 Å². The fraction of sp³-hybridized carbons (Fsp3) is 0.491. The number of nitrogens with zero attached hydrogens (tertiary/aromatic N) is 4. The van der Waals surface area contributed by atoms with Crippen molar-refractivity contribution in [1.29, 1.82) is 0 Å². The summed E-state index contributed by atoms with van der Waals surface area (Å²) in [6.45, 7) is 2.30. The first-order valence-corrected chi connectivity index (χ1v) is 28.1. The van der Waals surface area contributed by atoms with E-state index in [0.29, 0.717) is 24.7 Å². The molecule has 4 heterocycles. The molecule has 0 radical (unpaired) electrons. The van der Waals surface area contributed by atoms with Crippen LogP contribution >= 0.6 is 23.5 Å². The van der Waals surface area contributed by atoms with E-state index in [1.807, 2.05) is 34.7 Å². The Morgan fingerprint density at radius 3 is 1.80 bits per heavy atom. The first-order chi connectivity index (χ1) is 34.5. The Labute approximate surface area is 425 Å². The summed E-state index contributed by atoms with van der Waals surface area (Å²) in [5.74, 6) is 3.82. The van der Waals surface area contributed by atoms with Crippen molar-refractivity contribution < 1.29 is 28.7 Å². The standard InChI is InChI=1S/C55H66N8O6S2/c1-31-24-37-9-7-32(25-43(37)47-30-57-51(59-47)49-39-17-19-41(27-39)63(49)53(65)45(21-23-71-5)61-55(67)69-3)6-8-33-12-15-36(31)28-42(33)34-10-13-35(14-11-34)46-29-56-50(58-46)48-38-16-18-40(26-38)62(48)52(64)44(20-22-70-4)60-54(66)68-2/h7,9-15,25,28-31,38-41,44-45,48-49H,6,8,16-24,26-27H2,1-5H3,(H,56,58)(H,57,59)(H,60,66)(H,61,67)/t31-,38?,39?,40?,41?,44+,45+,48+,49+/m1/s1. The highest BCUT2D eigenvalue weighted by atomic mass is 32.2. The average molecular weight is 999 g/mol. The summed E-state index contributed by atoms with van der Waals surface area (Å²) in [6, 6.07) is 21.2. The highest BCUT2D eigenvalue weighted by molar-refractivity contribution is 7.98. The highest BCUT2D eigenvalue weighted by Crippen LogP contribution is 2.51. The van der Waals surface area contributed by atoms with E-state index in [-0.39, 0.29) is 41.9 Å². The van der Waals surface area contributed by atoms with Crippen molar-refractivity contribution in [2.75, 3.05) is 38.2 Å². The van der Waals surface area contributed by atoms with E-state index >= 15 is 0 Å². The van der Waals surface area contributed by atoms with E-state index in [1.165, 1.54) is 42.0 Å². The number of carbonyl (C=O) groups excluding carboxylic acids is 4. The number of nitrogens with one attached hydrogen (secondary N) is 4. The SMILES string of the molecule is COC(=O)N[C@@H](CCSC)C(=O)N1C2CCC(C2)[C@H]1c1nc(-c2ccc(-c3cc4ccc3CCc3ccc(c(-c5c[nH]c([C@@H]6C7CCC(C7)N6C(=O)[C@H](CCSC)NC(=O)OC)n5)c3)C[C@H]4C)cc2)c[nH]1. The maximum absolute atomic E-state index is 14.3. The summed E-state index contributed by atoms with van der Waals surface area (Å²) in [4.78, 5) is 74.5. The third-order valence-corrected chi connectivity index (χ3v) is 17.3. The summed E-state index contributed by atoms with van der Waals surface area (Å²) < 4.78 is 9.80. The van der Waals surface area contributed by atoms with Crippen LogP contribution in [0.15, 0.2) is 73.1 Å². The second kappa shape index (κ2) is 21.2. The second-order valence-corrected chi connectivity index (χ2v) is 22.2. The van der Waals surface area contributed by atoms with Gasteiger partial charge >= 0.3 is 12.2 Å². The zero-order chi connectivity index (χ0) is 49.3. The number of aryl methyl sites for hydroxylation is 2. The molecule has 374 valence electrons. The molecular formula is C55H66N8O6S2. The molecule has 3 aromatic carbocycles. The van der Waals surface area contributed by atoms with Gasteiger partial charge in [0.1, 0.15) is 23.7 Å². The Hall–Kier alpha value is -5.74. The molecule has 2 aromatic heterocycles. The lowest BCUT2D eigenvalue weighted by Gasteiger charge is -2.36. The maximum Gasteiger partial charge on any atom is 0.407 e. The van der Waals surface area contributed by atoms with Gasteiger partial charge in [-0.05, 0) is 152 Å². The van der Waals surface area contributed by atoms with Crippen LogP contribution in [0.4, 0.5) is 9.59 Å². The number of likely N-dealkylation sites (tertiary alicyclic amines) is 2. The van der Waals surface area contributed by atoms with Gasteiger partial charge in [0.15, 0.2) is 0 Å². The molecule has 4 fully saturated rings. The van der Waals surface area contributed by atoms with Gasteiger partial charge in [-0.2, -0.15) is 23.5 Å². The molecule has 14 nitrogen and oxygen atoms in total. The van der Waals surface area contributed by atoms with Crippen LogP contribution in [-0.2, 0) is 38.3 Å². The number of thioether (sulfide) groups is 2. The highest BCUT2D eigenvalue weighted by Gasteiger charge is 2.52. The van der Waals surface area contributed by atoms with Gasteiger partial charge in [-0.25, -0.2) is 19.6 Å². The number of carbonyl (C=O) groups is 4.